The van der Waals surface area contributed by atoms with E-state index in [1.165, 1.54) is 38.1 Å². The van der Waals surface area contributed by atoms with E-state index >= 15 is 0 Å². The van der Waals surface area contributed by atoms with Crippen molar-refractivity contribution >= 4 is 50.4 Å². The molecule has 1 aromatic carbocycles. The van der Waals surface area contributed by atoms with Crippen molar-refractivity contribution in [3.63, 3.8) is 0 Å². The molecule has 0 saturated carbocycles. The Bertz CT molecular complexity index is 1380. The Morgan fingerprint density at radius 2 is 2.27 bits per heavy atom. The van der Waals surface area contributed by atoms with Gasteiger partial charge in [-0.2, -0.15) is 4.98 Å². The number of carbonyl (C=O) groups is 1. The monoisotopic (exact) mass is 445 g/mol. The number of benzene rings is 1. The van der Waals surface area contributed by atoms with E-state index in [0.29, 0.717) is 11.6 Å². The van der Waals surface area contributed by atoms with E-state index in [1.807, 2.05) is 0 Å². The van der Waals surface area contributed by atoms with Crippen molar-refractivity contribution in [2.45, 2.75) is 32.7 Å². The molecular formula is C20H17ClFN5O2S. The summed E-state index contributed by atoms with van der Waals surface area (Å²) < 4.78 is 16.7. The van der Waals surface area contributed by atoms with Crippen LogP contribution in [0.25, 0.3) is 15.9 Å². The second-order valence-electron chi connectivity index (χ2n) is 7.57. The summed E-state index contributed by atoms with van der Waals surface area (Å²) in [5, 5.41) is 3.58. The van der Waals surface area contributed by atoms with Gasteiger partial charge in [0.15, 0.2) is 5.65 Å². The van der Waals surface area contributed by atoms with Crippen LogP contribution in [0.5, 0.6) is 0 Å². The Morgan fingerprint density at radius 3 is 3.07 bits per heavy atom. The molecule has 5 rings (SSSR count). The van der Waals surface area contributed by atoms with E-state index < -0.39 is 17.4 Å². The number of anilines is 1. The zero-order valence-corrected chi connectivity index (χ0v) is 17.6. The first-order valence-corrected chi connectivity index (χ1v) is 10.7. The predicted molar refractivity (Wildman–Crippen MR) is 114 cm³/mol. The fourth-order valence-corrected chi connectivity index (χ4v) is 5.42. The van der Waals surface area contributed by atoms with Crippen LogP contribution in [0.3, 0.4) is 0 Å². The van der Waals surface area contributed by atoms with Crippen LogP contribution in [0.4, 0.5) is 10.1 Å². The second kappa shape index (κ2) is 7.17. The third kappa shape index (κ3) is 3.18. The van der Waals surface area contributed by atoms with Crippen LogP contribution in [0.1, 0.15) is 23.8 Å². The Balaban J connectivity index is 1.52. The molecule has 0 fully saturated rings. The van der Waals surface area contributed by atoms with Crippen LogP contribution in [-0.2, 0) is 24.2 Å². The molecule has 154 valence electrons. The Hall–Kier alpha value is -2.78. The fraction of sp³-hybridized carbons (Fsp3) is 0.300. The van der Waals surface area contributed by atoms with Crippen LogP contribution in [0.2, 0.25) is 5.02 Å². The van der Waals surface area contributed by atoms with Gasteiger partial charge in [-0.25, -0.2) is 23.4 Å². The molecule has 0 spiro atoms. The molecule has 1 atom stereocenters. The molecule has 1 aliphatic rings. The van der Waals surface area contributed by atoms with Gasteiger partial charge in [0.25, 0.3) is 0 Å². The Morgan fingerprint density at radius 1 is 1.43 bits per heavy atom. The minimum Gasteiger partial charge on any atom is -0.322 e. The van der Waals surface area contributed by atoms with Crippen molar-refractivity contribution in [2.75, 3.05) is 5.32 Å². The van der Waals surface area contributed by atoms with Crippen LogP contribution >= 0.6 is 22.9 Å². The number of aromatic nitrogens is 4. The van der Waals surface area contributed by atoms with E-state index in [0.717, 1.165) is 35.5 Å². The van der Waals surface area contributed by atoms with E-state index in [2.05, 4.69) is 22.2 Å². The van der Waals surface area contributed by atoms with Gasteiger partial charge in [0.2, 0.25) is 5.91 Å². The molecule has 1 aliphatic carbocycles. The molecule has 0 saturated heterocycles. The van der Waals surface area contributed by atoms with Crippen LogP contribution in [0.15, 0.2) is 29.3 Å². The summed E-state index contributed by atoms with van der Waals surface area (Å²) in [6, 6.07) is 3.96. The van der Waals surface area contributed by atoms with Gasteiger partial charge in [-0.1, -0.05) is 18.5 Å². The summed E-state index contributed by atoms with van der Waals surface area (Å²) in [6.45, 7) is 1.91. The van der Waals surface area contributed by atoms with Crippen LogP contribution < -0.4 is 11.0 Å². The third-order valence-electron chi connectivity index (χ3n) is 5.40. The number of hydrogen-bond donors (Lipinski definition) is 1. The summed E-state index contributed by atoms with van der Waals surface area (Å²) >= 11 is 7.38. The molecule has 3 heterocycles. The minimum absolute atomic E-state index is 0.00666. The van der Waals surface area contributed by atoms with Gasteiger partial charge >= 0.3 is 5.69 Å². The normalized spacial score (nSPS) is 16.2. The van der Waals surface area contributed by atoms with Gasteiger partial charge in [0, 0.05) is 9.90 Å². The number of amides is 1. The zero-order valence-electron chi connectivity index (χ0n) is 16.0. The van der Waals surface area contributed by atoms with Crippen molar-refractivity contribution in [3.8, 4) is 0 Å². The highest BCUT2D eigenvalue weighted by molar-refractivity contribution is 7.19. The molecule has 3 aromatic heterocycles. The molecule has 0 aliphatic heterocycles. The molecular weight excluding hydrogens is 429 g/mol. The van der Waals surface area contributed by atoms with Crippen LogP contribution in [0, 0.1) is 11.7 Å². The Kier molecular flexibility index (Phi) is 4.59. The average molecular weight is 446 g/mol. The summed E-state index contributed by atoms with van der Waals surface area (Å²) in [4.78, 5) is 35.9. The molecule has 0 unspecified atom stereocenters. The van der Waals surface area contributed by atoms with E-state index in [-0.39, 0.29) is 17.3 Å². The number of thiophene rings is 1. The van der Waals surface area contributed by atoms with Crippen molar-refractivity contribution in [1.29, 1.82) is 0 Å². The fourth-order valence-electron chi connectivity index (χ4n) is 3.92. The van der Waals surface area contributed by atoms with Crippen LogP contribution in [-0.4, -0.2) is 25.1 Å². The van der Waals surface area contributed by atoms with Crippen molar-refractivity contribution in [3.05, 3.63) is 56.3 Å². The van der Waals surface area contributed by atoms with Gasteiger partial charge in [-0.15, -0.1) is 11.3 Å². The molecule has 0 radical (unpaired) electrons. The lowest BCUT2D eigenvalue weighted by Crippen LogP contribution is -2.28. The number of aryl methyl sites for hydroxylation is 1. The standard InChI is InChI=1S/C20H17ClFN5O2S/c1-10-2-4-12-15(6-10)30-19-17(12)18-25-20(29)26(27(18)9-23-19)8-16(28)24-14-5-3-11(21)7-13(14)22/h3,5,7,9-10H,2,4,6,8H2,1H3,(H,24,28)/t10-/m0/s1. The lowest BCUT2D eigenvalue weighted by molar-refractivity contribution is -0.117. The maximum atomic E-state index is 14.0. The zero-order chi connectivity index (χ0) is 21.0. The summed E-state index contributed by atoms with van der Waals surface area (Å²) in [6.07, 6.45) is 4.52. The SMILES string of the molecule is C[C@H]1CCc2c(sc3ncn4c(nc(=O)n4CC(=O)Nc4ccc(Cl)cc4F)c23)C1. The average Bonchev–Trinajstić information content (AvgIpc) is 3.21. The maximum Gasteiger partial charge on any atom is 0.365 e. The maximum absolute atomic E-state index is 14.0. The molecule has 10 heteroatoms. The quantitative estimate of drug-likeness (QED) is 0.521. The third-order valence-corrected chi connectivity index (χ3v) is 6.80. The summed E-state index contributed by atoms with van der Waals surface area (Å²) in [7, 11) is 0. The molecule has 4 aromatic rings. The van der Waals surface area contributed by atoms with Gasteiger partial charge in [-0.3, -0.25) is 4.79 Å². The summed E-state index contributed by atoms with van der Waals surface area (Å²) in [5.74, 6) is -0.580. The molecule has 7 nitrogen and oxygen atoms in total. The first kappa shape index (κ1) is 19.2. The number of nitrogens with zero attached hydrogens (tertiary/aromatic N) is 4. The van der Waals surface area contributed by atoms with Gasteiger partial charge in [0.05, 0.1) is 11.1 Å². The number of carbonyl (C=O) groups excluding carboxylic acids is 1. The van der Waals surface area contributed by atoms with Crippen molar-refractivity contribution in [2.24, 2.45) is 5.92 Å². The van der Waals surface area contributed by atoms with Gasteiger partial charge < -0.3 is 5.32 Å². The molecule has 0 bridgehead atoms. The first-order valence-electron chi connectivity index (χ1n) is 9.54. The van der Waals surface area contributed by atoms with E-state index in [9.17, 15) is 14.0 Å². The predicted octanol–water partition coefficient (Wildman–Crippen LogP) is 3.66. The number of fused-ring (bicyclic) bond motifs is 5. The smallest absolute Gasteiger partial charge is 0.322 e. The topological polar surface area (TPSA) is 81.3 Å². The van der Waals surface area contributed by atoms with Crippen molar-refractivity contribution < 1.29 is 9.18 Å². The summed E-state index contributed by atoms with van der Waals surface area (Å²) in [5.41, 5.74) is 1.14. The van der Waals surface area contributed by atoms with Crippen molar-refractivity contribution in [1.82, 2.24) is 19.2 Å². The lowest BCUT2D eigenvalue weighted by Gasteiger charge is -2.17. The number of hydrogen-bond acceptors (Lipinski definition) is 5. The second-order valence-corrected chi connectivity index (χ2v) is 9.09. The highest BCUT2D eigenvalue weighted by Crippen LogP contribution is 2.38. The lowest BCUT2D eigenvalue weighted by atomic mass is 9.89. The number of halogens is 2. The molecule has 1 amide bonds. The number of nitrogens with one attached hydrogen (secondary N) is 1. The van der Waals surface area contributed by atoms with Gasteiger partial charge in [-0.05, 0) is 48.9 Å². The van der Waals surface area contributed by atoms with E-state index in [4.69, 9.17) is 11.6 Å². The van der Waals surface area contributed by atoms with Gasteiger partial charge in [0.1, 0.15) is 23.5 Å². The molecule has 30 heavy (non-hydrogen) atoms. The minimum atomic E-state index is -0.649. The number of rotatable bonds is 3. The Labute approximate surface area is 179 Å². The largest absolute Gasteiger partial charge is 0.365 e. The molecule has 1 N–H and O–H groups in total. The highest BCUT2D eigenvalue weighted by Gasteiger charge is 2.24. The highest BCUT2D eigenvalue weighted by atomic mass is 35.5. The first-order chi connectivity index (χ1) is 14.4. The van der Waals surface area contributed by atoms with E-state index in [1.54, 1.807) is 11.3 Å².